The number of nitrogens with zero attached hydrogens (tertiary/aromatic N) is 1. The Balaban J connectivity index is 0.881. The molecular weight excluding hydrogens is 699 g/mol. The van der Waals surface area contributed by atoms with Crippen molar-refractivity contribution in [3.8, 4) is 0 Å². The molecule has 3 aromatic carbocycles. The van der Waals surface area contributed by atoms with Crippen molar-refractivity contribution in [3.63, 3.8) is 0 Å². The van der Waals surface area contributed by atoms with Gasteiger partial charge in [-0.15, -0.1) is 0 Å². The Morgan fingerprint density at radius 2 is 1.53 bits per heavy atom. The highest BCUT2D eigenvalue weighted by atomic mass is 16.3. The van der Waals surface area contributed by atoms with Gasteiger partial charge in [-0.3, -0.25) is 4.90 Å². The lowest BCUT2D eigenvalue weighted by Crippen LogP contribution is -2.67. The van der Waals surface area contributed by atoms with E-state index in [1.807, 2.05) is 0 Å². The van der Waals surface area contributed by atoms with Crippen LogP contribution in [0.5, 0.6) is 0 Å². The van der Waals surface area contributed by atoms with Crippen LogP contribution in [0.2, 0.25) is 0 Å². The summed E-state index contributed by atoms with van der Waals surface area (Å²) in [6.07, 6.45) is 17.8. The summed E-state index contributed by atoms with van der Waals surface area (Å²) in [5.41, 5.74) is 2.57. The van der Waals surface area contributed by atoms with Gasteiger partial charge < -0.3 is 15.3 Å². The molecule has 10 rings (SSSR count). The first-order valence-electron chi connectivity index (χ1n) is 24.1. The van der Waals surface area contributed by atoms with Crippen LogP contribution in [0, 0.1) is 70.0 Å². The lowest BCUT2D eigenvalue weighted by Gasteiger charge is -2.60. The van der Waals surface area contributed by atoms with Crippen molar-refractivity contribution in [2.75, 3.05) is 13.1 Å². The van der Waals surface area contributed by atoms with E-state index < -0.39 is 5.60 Å². The van der Waals surface area contributed by atoms with Crippen LogP contribution < -0.4 is 0 Å². The number of benzene rings is 3. The molecule has 5 saturated carbocycles. The Hall–Kier alpha value is -1.98. The number of aliphatic hydroxyl groups is 3. The van der Waals surface area contributed by atoms with Gasteiger partial charge in [0.05, 0.1) is 17.8 Å². The summed E-state index contributed by atoms with van der Waals surface area (Å²) in [6.45, 7) is 14.3. The van der Waals surface area contributed by atoms with E-state index in [-0.39, 0.29) is 29.0 Å². The van der Waals surface area contributed by atoms with Gasteiger partial charge in [0.15, 0.2) is 0 Å². The molecule has 0 radical (unpaired) electrons. The lowest BCUT2D eigenvalue weighted by atomic mass is 9.46. The fraction of sp³-hybridized carbons (Fsp3) is 0.736. The van der Waals surface area contributed by atoms with E-state index in [4.69, 9.17) is 0 Å². The third-order valence-electron chi connectivity index (χ3n) is 19.3. The fourth-order valence-corrected chi connectivity index (χ4v) is 16.8. The zero-order chi connectivity index (χ0) is 39.4. The zero-order valence-electron chi connectivity index (χ0n) is 36.1. The molecule has 5 aliphatic carbocycles. The van der Waals surface area contributed by atoms with Crippen molar-refractivity contribution in [2.45, 2.75) is 161 Å². The number of fused-ring (bicyclic) bond motifs is 10. The Kier molecular flexibility index (Phi) is 10.0. The van der Waals surface area contributed by atoms with Crippen molar-refractivity contribution in [1.29, 1.82) is 0 Å². The van der Waals surface area contributed by atoms with Crippen LogP contribution in [-0.2, 0) is 12.8 Å². The highest BCUT2D eigenvalue weighted by molar-refractivity contribution is 5.98. The second-order valence-electron chi connectivity index (χ2n) is 22.7. The van der Waals surface area contributed by atoms with Gasteiger partial charge in [0.2, 0.25) is 0 Å². The van der Waals surface area contributed by atoms with E-state index in [1.54, 1.807) is 11.1 Å². The summed E-state index contributed by atoms with van der Waals surface area (Å²) in [4.78, 5) is 2.72. The van der Waals surface area contributed by atoms with E-state index in [0.29, 0.717) is 53.4 Å². The molecular formula is C53H75NO3. The summed E-state index contributed by atoms with van der Waals surface area (Å²) in [6, 6.07) is 19.0. The molecule has 7 aliphatic rings. The Labute approximate surface area is 344 Å². The predicted molar refractivity (Wildman–Crippen MR) is 234 cm³/mol. The molecule has 0 aromatic heterocycles. The quantitative estimate of drug-likeness (QED) is 0.209. The maximum atomic E-state index is 12.3. The molecule has 310 valence electrons. The van der Waals surface area contributed by atoms with E-state index >= 15 is 0 Å². The maximum absolute atomic E-state index is 12.3. The number of aliphatic hydroxyl groups excluding tert-OH is 2. The third kappa shape index (κ3) is 6.50. The van der Waals surface area contributed by atoms with Gasteiger partial charge >= 0.3 is 0 Å². The average Bonchev–Trinajstić information content (AvgIpc) is 3.76. The van der Waals surface area contributed by atoms with E-state index in [9.17, 15) is 15.3 Å². The summed E-state index contributed by atoms with van der Waals surface area (Å²) in [5, 5.41) is 41.9. The molecule has 2 heterocycles. The van der Waals surface area contributed by atoms with Gasteiger partial charge in [0.1, 0.15) is 0 Å². The summed E-state index contributed by atoms with van der Waals surface area (Å²) in [7, 11) is 0. The first kappa shape index (κ1) is 39.2. The molecule has 16 atom stereocenters. The lowest BCUT2D eigenvalue weighted by molar-refractivity contribution is -0.180. The van der Waals surface area contributed by atoms with E-state index in [2.05, 4.69) is 88.0 Å². The van der Waals surface area contributed by atoms with Crippen molar-refractivity contribution in [2.24, 2.45) is 70.0 Å². The number of piperidine rings is 2. The molecule has 0 bridgehead atoms. The van der Waals surface area contributed by atoms with Crippen molar-refractivity contribution < 1.29 is 15.3 Å². The fourth-order valence-electron chi connectivity index (χ4n) is 16.8. The molecule has 1 spiro atoms. The van der Waals surface area contributed by atoms with Crippen LogP contribution in [0.25, 0.3) is 21.5 Å². The summed E-state index contributed by atoms with van der Waals surface area (Å²) in [5.74, 6) is 5.83. The average molecular weight is 774 g/mol. The first-order valence-corrected chi connectivity index (χ1v) is 24.1. The van der Waals surface area contributed by atoms with Gasteiger partial charge in [0, 0.05) is 19.1 Å². The number of rotatable bonds is 7. The smallest absolute Gasteiger partial charge is 0.0805 e. The van der Waals surface area contributed by atoms with Crippen LogP contribution in [0.3, 0.4) is 0 Å². The maximum Gasteiger partial charge on any atom is 0.0805 e. The SMILES string of the molecule is CCC[C@H](C)Cc1cc2cc3ccccc3cc2cc1CC[C@@H]1CC[C@]2(C1)C[C@@]1(C)[C@@H]3C[C@@H]4[C@@H](CC[C@@H]5[C@H]4CN4C[C@@H](C)CC[C@H]4[C@@]5(C)O)[C@@H]3C[C@H](O)[C@H]1C[C@H]2O. The minimum atomic E-state index is -0.596. The van der Waals surface area contributed by atoms with Crippen molar-refractivity contribution in [3.05, 3.63) is 59.7 Å². The van der Waals surface area contributed by atoms with Crippen molar-refractivity contribution >= 4 is 21.5 Å². The normalized spacial score (nSPS) is 44.7. The second kappa shape index (κ2) is 14.6. The third-order valence-corrected chi connectivity index (χ3v) is 19.3. The molecule has 57 heavy (non-hydrogen) atoms. The Morgan fingerprint density at radius 1 is 0.772 bits per heavy atom. The van der Waals surface area contributed by atoms with E-state index in [0.717, 1.165) is 70.3 Å². The highest BCUT2D eigenvalue weighted by Gasteiger charge is 2.67. The van der Waals surface area contributed by atoms with Gasteiger partial charge in [-0.1, -0.05) is 76.9 Å². The van der Waals surface area contributed by atoms with Crippen LogP contribution in [0.4, 0.5) is 0 Å². The molecule has 0 unspecified atom stereocenters. The van der Waals surface area contributed by atoms with Gasteiger partial charge in [0.25, 0.3) is 0 Å². The monoisotopic (exact) mass is 774 g/mol. The van der Waals surface area contributed by atoms with Crippen LogP contribution in [-0.4, -0.2) is 57.2 Å². The van der Waals surface area contributed by atoms with Gasteiger partial charge in [-0.25, -0.2) is 0 Å². The Morgan fingerprint density at radius 3 is 2.28 bits per heavy atom. The zero-order valence-corrected chi connectivity index (χ0v) is 36.1. The predicted octanol–water partition coefficient (Wildman–Crippen LogP) is 11.0. The largest absolute Gasteiger partial charge is 0.393 e. The molecule has 3 N–H and O–H groups in total. The van der Waals surface area contributed by atoms with Crippen LogP contribution in [0.1, 0.15) is 136 Å². The first-order chi connectivity index (χ1) is 27.4. The molecule has 2 aliphatic heterocycles. The molecule has 2 saturated heterocycles. The summed E-state index contributed by atoms with van der Waals surface area (Å²) >= 11 is 0. The van der Waals surface area contributed by atoms with Gasteiger partial charge in [-0.2, -0.15) is 0 Å². The number of hydrogen-bond acceptors (Lipinski definition) is 4. The van der Waals surface area contributed by atoms with Gasteiger partial charge in [-0.05, 0) is 212 Å². The molecule has 4 heteroatoms. The minimum Gasteiger partial charge on any atom is -0.393 e. The number of hydrogen-bond donors (Lipinski definition) is 3. The molecule has 0 amide bonds. The Bertz CT molecular complexity index is 1950. The highest BCUT2D eigenvalue weighted by Crippen LogP contribution is 2.71. The molecule has 7 fully saturated rings. The van der Waals surface area contributed by atoms with E-state index in [1.165, 1.54) is 73.0 Å². The second-order valence-corrected chi connectivity index (χ2v) is 22.7. The van der Waals surface area contributed by atoms with Crippen molar-refractivity contribution in [1.82, 2.24) is 4.90 Å². The van der Waals surface area contributed by atoms with Crippen LogP contribution >= 0.6 is 0 Å². The molecule has 4 nitrogen and oxygen atoms in total. The van der Waals surface area contributed by atoms with Crippen LogP contribution in [0.15, 0.2) is 48.5 Å². The standard InChI is InChI=1S/C53H75NO3/c1-6-9-32(2)20-38-24-40-22-36-11-8-7-10-35(36)21-39(40)23-37(38)14-13-34-18-19-53(28-34)31-51(4)46-25-42-41(43(46)26-48(55)47(51)27-50(53)56)15-16-45-44(42)30-54-29-33(3)12-17-49(54)52(45,5)57/h7-8,10-11,21-24,32-34,41-50,55-57H,6,9,12-20,25-31H2,1-5H3/t32-,33-,34+,41+,42+,43-,44-,45+,46+,47+,48-,49-,50+,51-,52-,53-/m0/s1. The molecule has 3 aromatic rings. The summed E-state index contributed by atoms with van der Waals surface area (Å²) < 4.78 is 0. The minimum absolute atomic E-state index is 0.0136. The number of aryl methyl sites for hydroxylation is 1. The topological polar surface area (TPSA) is 63.9 Å².